The molecule has 0 unspecified atom stereocenters. The Balaban J connectivity index is 1.65. The van der Waals surface area contributed by atoms with E-state index in [4.69, 9.17) is 5.26 Å². The monoisotopic (exact) mass is 415 g/mol. The summed E-state index contributed by atoms with van der Waals surface area (Å²) in [6, 6.07) is 18.6. The van der Waals surface area contributed by atoms with Crippen molar-refractivity contribution in [3.05, 3.63) is 66.2 Å². The minimum atomic E-state index is -0.651. The number of unbranched alkanes of at least 4 members (excludes halogenated alkanes) is 1. The molecule has 0 spiro atoms. The highest BCUT2D eigenvalue weighted by atomic mass is 16.3. The summed E-state index contributed by atoms with van der Waals surface area (Å²) in [6.45, 7) is 0.121. The molecule has 3 aromatic rings. The summed E-state index contributed by atoms with van der Waals surface area (Å²) in [5, 5.41) is 29.9. The Labute approximate surface area is 179 Å². The van der Waals surface area contributed by atoms with Gasteiger partial charge in [-0.1, -0.05) is 48.5 Å². The molecule has 31 heavy (non-hydrogen) atoms. The second-order valence-corrected chi connectivity index (χ2v) is 6.66. The molecule has 2 aromatic carbocycles. The third-order valence-corrected chi connectivity index (χ3v) is 4.49. The van der Waals surface area contributed by atoms with Crippen molar-refractivity contribution < 1.29 is 14.7 Å². The fourth-order valence-electron chi connectivity index (χ4n) is 3.01. The molecule has 0 radical (unpaired) electrons. The molecular weight excluding hydrogens is 394 g/mol. The van der Waals surface area contributed by atoms with Gasteiger partial charge in [0.25, 0.3) is 5.91 Å². The lowest BCUT2D eigenvalue weighted by atomic mass is 10.2. The molecule has 156 valence electrons. The highest BCUT2D eigenvalue weighted by Gasteiger charge is 2.16. The molecule has 3 rings (SSSR count). The number of hydrogen-bond acceptors (Lipinski definition) is 5. The fourth-order valence-corrected chi connectivity index (χ4v) is 3.01. The molecule has 0 saturated heterocycles. The van der Waals surface area contributed by atoms with Crippen LogP contribution in [0, 0.1) is 11.3 Å². The number of nitriles is 1. The summed E-state index contributed by atoms with van der Waals surface area (Å²) in [6.07, 6.45) is 3.90. The normalized spacial score (nSPS) is 11.2. The van der Waals surface area contributed by atoms with Crippen LogP contribution in [0.25, 0.3) is 17.0 Å². The quantitative estimate of drug-likeness (QED) is 0.327. The minimum absolute atomic E-state index is 0.120. The number of aryl methyl sites for hydroxylation is 1. The Bertz CT molecular complexity index is 1170. The van der Waals surface area contributed by atoms with E-state index in [0.29, 0.717) is 24.8 Å². The van der Waals surface area contributed by atoms with Crippen molar-refractivity contribution >= 4 is 34.5 Å². The number of para-hydroxylation sites is 1. The lowest BCUT2D eigenvalue weighted by Crippen LogP contribution is -2.26. The van der Waals surface area contributed by atoms with Crippen molar-refractivity contribution in [2.75, 3.05) is 6.54 Å². The summed E-state index contributed by atoms with van der Waals surface area (Å²) < 4.78 is 1.64. The number of hydrogen-bond donors (Lipinski definition) is 2. The molecule has 0 fully saturated rings. The zero-order valence-electron chi connectivity index (χ0n) is 16.7. The standard InChI is InChI=1S/C23H21N5O3/c24-14-6-7-15-28-19-11-5-4-10-18(19)22(23(28)31)27-26-21(30)16-25-20(29)13-12-17-8-2-1-3-9-17/h1-5,8-13,31H,6-7,15-16H2,(H,25,29). The fraction of sp³-hybridized carbons (Fsp3) is 0.174. The molecule has 2 amide bonds. The van der Waals surface area contributed by atoms with Gasteiger partial charge in [-0.3, -0.25) is 9.59 Å². The summed E-state index contributed by atoms with van der Waals surface area (Å²) in [5.74, 6) is -1.20. The van der Waals surface area contributed by atoms with Crippen molar-refractivity contribution in [1.82, 2.24) is 9.88 Å². The van der Waals surface area contributed by atoms with Crippen LogP contribution in [0.2, 0.25) is 0 Å². The number of nitrogens with zero attached hydrogens (tertiary/aromatic N) is 4. The van der Waals surface area contributed by atoms with Crippen molar-refractivity contribution in [1.29, 1.82) is 5.26 Å². The third kappa shape index (κ3) is 5.64. The van der Waals surface area contributed by atoms with Gasteiger partial charge in [-0.2, -0.15) is 5.26 Å². The van der Waals surface area contributed by atoms with Gasteiger partial charge in [-0.25, -0.2) is 0 Å². The lowest BCUT2D eigenvalue weighted by Gasteiger charge is -2.04. The van der Waals surface area contributed by atoms with Gasteiger partial charge in [0.15, 0.2) is 5.69 Å². The Morgan fingerprint density at radius 2 is 1.87 bits per heavy atom. The first-order chi connectivity index (χ1) is 15.1. The van der Waals surface area contributed by atoms with Crippen LogP contribution in [-0.4, -0.2) is 28.0 Å². The van der Waals surface area contributed by atoms with E-state index < -0.39 is 11.8 Å². The van der Waals surface area contributed by atoms with Crippen LogP contribution in [0.1, 0.15) is 18.4 Å². The zero-order chi connectivity index (χ0) is 22.1. The number of rotatable bonds is 8. The maximum atomic E-state index is 12.0. The van der Waals surface area contributed by atoms with E-state index in [1.807, 2.05) is 42.5 Å². The van der Waals surface area contributed by atoms with E-state index in [1.165, 1.54) is 6.08 Å². The predicted octanol–water partition coefficient (Wildman–Crippen LogP) is 4.09. The van der Waals surface area contributed by atoms with E-state index in [0.717, 1.165) is 11.1 Å². The molecule has 0 atom stereocenters. The molecule has 2 N–H and O–H groups in total. The molecule has 0 aliphatic carbocycles. The predicted molar refractivity (Wildman–Crippen MR) is 116 cm³/mol. The van der Waals surface area contributed by atoms with Crippen LogP contribution in [-0.2, 0) is 16.1 Å². The molecule has 8 nitrogen and oxygen atoms in total. The second-order valence-electron chi connectivity index (χ2n) is 6.66. The smallest absolute Gasteiger partial charge is 0.283 e. The van der Waals surface area contributed by atoms with E-state index >= 15 is 0 Å². The van der Waals surface area contributed by atoms with Gasteiger partial charge >= 0.3 is 0 Å². The summed E-state index contributed by atoms with van der Waals surface area (Å²) in [7, 11) is 0. The van der Waals surface area contributed by atoms with Gasteiger partial charge in [0.05, 0.1) is 11.6 Å². The van der Waals surface area contributed by atoms with Crippen LogP contribution in [0.5, 0.6) is 5.88 Å². The first kappa shape index (κ1) is 21.5. The van der Waals surface area contributed by atoms with E-state index in [1.54, 1.807) is 22.8 Å². The van der Waals surface area contributed by atoms with Crippen molar-refractivity contribution in [2.24, 2.45) is 10.2 Å². The number of azo groups is 1. The van der Waals surface area contributed by atoms with Gasteiger partial charge in [0, 0.05) is 24.4 Å². The van der Waals surface area contributed by atoms with Crippen LogP contribution in [0.3, 0.4) is 0 Å². The van der Waals surface area contributed by atoms with Gasteiger partial charge in [-0.05, 0) is 24.1 Å². The van der Waals surface area contributed by atoms with Gasteiger partial charge in [0.1, 0.15) is 6.54 Å². The third-order valence-electron chi connectivity index (χ3n) is 4.49. The van der Waals surface area contributed by atoms with Crippen molar-refractivity contribution in [3.8, 4) is 11.9 Å². The largest absolute Gasteiger partial charge is 0.493 e. The highest BCUT2D eigenvalue weighted by Crippen LogP contribution is 2.38. The minimum Gasteiger partial charge on any atom is -0.493 e. The molecule has 8 heteroatoms. The van der Waals surface area contributed by atoms with Crippen LogP contribution in [0.15, 0.2) is 70.9 Å². The number of carbonyl (C=O) groups excluding carboxylic acids is 2. The second kappa shape index (κ2) is 10.5. The van der Waals surface area contributed by atoms with Crippen LogP contribution in [0.4, 0.5) is 5.69 Å². The number of amides is 2. The summed E-state index contributed by atoms with van der Waals surface area (Å²) >= 11 is 0. The molecule has 1 aromatic heterocycles. The number of benzene rings is 2. The molecule has 0 bridgehead atoms. The topological polar surface area (TPSA) is 120 Å². The first-order valence-electron chi connectivity index (χ1n) is 9.73. The van der Waals surface area contributed by atoms with Crippen LogP contribution < -0.4 is 5.32 Å². The highest BCUT2D eigenvalue weighted by molar-refractivity contribution is 5.96. The average molecular weight is 415 g/mol. The SMILES string of the molecule is N#CCCCn1c(O)c(N=NC(=O)CNC(=O)C=Cc2ccccc2)c2ccccc21. The van der Waals surface area contributed by atoms with Crippen LogP contribution >= 0.6 is 0 Å². The van der Waals surface area contributed by atoms with E-state index in [2.05, 4.69) is 21.6 Å². The molecular formula is C23H21N5O3. The number of carbonyl (C=O) groups is 2. The van der Waals surface area contributed by atoms with E-state index in [9.17, 15) is 14.7 Å². The van der Waals surface area contributed by atoms with Crippen molar-refractivity contribution in [3.63, 3.8) is 0 Å². The summed E-state index contributed by atoms with van der Waals surface area (Å²) in [5.41, 5.74) is 1.78. The maximum Gasteiger partial charge on any atom is 0.283 e. The van der Waals surface area contributed by atoms with Gasteiger partial charge < -0.3 is 15.0 Å². The van der Waals surface area contributed by atoms with Crippen molar-refractivity contribution in [2.45, 2.75) is 19.4 Å². The lowest BCUT2D eigenvalue weighted by molar-refractivity contribution is -0.122. The van der Waals surface area contributed by atoms with E-state index in [-0.39, 0.29) is 18.1 Å². The Morgan fingerprint density at radius 3 is 2.65 bits per heavy atom. The average Bonchev–Trinajstić information content (AvgIpc) is 3.06. The molecule has 0 aliphatic rings. The van der Waals surface area contributed by atoms with Gasteiger partial charge in [-0.15, -0.1) is 10.2 Å². The Kier molecular flexibility index (Phi) is 7.27. The Hall–Kier alpha value is -4.25. The molecule has 0 aliphatic heterocycles. The maximum absolute atomic E-state index is 12.0. The molecule has 1 heterocycles. The van der Waals surface area contributed by atoms with Gasteiger partial charge in [0.2, 0.25) is 11.8 Å². The number of fused-ring (bicyclic) bond motifs is 1. The zero-order valence-corrected chi connectivity index (χ0v) is 16.7. The summed E-state index contributed by atoms with van der Waals surface area (Å²) in [4.78, 5) is 23.9. The Morgan fingerprint density at radius 1 is 1.13 bits per heavy atom. The number of aromatic nitrogens is 1. The number of aromatic hydroxyl groups is 1. The molecule has 0 saturated carbocycles. The first-order valence-corrected chi connectivity index (χ1v) is 9.73. The number of nitrogens with one attached hydrogen (secondary N) is 1.